The van der Waals surface area contributed by atoms with Crippen LogP contribution < -0.4 is 0 Å². The lowest BCUT2D eigenvalue weighted by molar-refractivity contribution is -0.385. The van der Waals surface area contributed by atoms with Crippen molar-refractivity contribution in [2.24, 2.45) is 0 Å². The summed E-state index contributed by atoms with van der Waals surface area (Å²) in [6.07, 6.45) is 0. The Morgan fingerprint density at radius 2 is 1.95 bits per heavy atom. The number of carbonyl (C=O) groups is 1. The number of non-ortho nitro benzene ring substituents is 1. The fraction of sp³-hybridized carbons (Fsp3) is 0.0714. The van der Waals surface area contributed by atoms with Gasteiger partial charge in [0.15, 0.2) is 0 Å². The predicted molar refractivity (Wildman–Crippen MR) is 83.1 cm³/mol. The van der Waals surface area contributed by atoms with Crippen LogP contribution in [-0.4, -0.2) is 16.0 Å². The lowest BCUT2D eigenvalue weighted by atomic mass is 10.2. The smallest absolute Gasteiger partial charge is 0.336 e. The molecular formula is C14H10BrNO4S. The van der Waals surface area contributed by atoms with E-state index in [1.807, 2.05) is 0 Å². The monoisotopic (exact) mass is 367 g/mol. The molecule has 0 aliphatic carbocycles. The third kappa shape index (κ3) is 3.62. The molecule has 5 nitrogen and oxygen atoms in total. The molecule has 108 valence electrons. The molecule has 0 saturated heterocycles. The van der Waals surface area contributed by atoms with Crippen LogP contribution in [0.1, 0.15) is 15.9 Å². The molecule has 2 rings (SSSR count). The highest BCUT2D eigenvalue weighted by Crippen LogP contribution is 2.35. The number of halogens is 1. The highest BCUT2D eigenvalue weighted by molar-refractivity contribution is 9.10. The number of aromatic carboxylic acids is 1. The first-order chi connectivity index (χ1) is 9.88. The molecule has 0 atom stereocenters. The van der Waals surface area contributed by atoms with Crippen molar-refractivity contribution in [1.29, 1.82) is 0 Å². The van der Waals surface area contributed by atoms with Crippen LogP contribution in [0, 0.1) is 17.0 Å². The van der Waals surface area contributed by atoms with Crippen molar-refractivity contribution in [3.05, 3.63) is 62.1 Å². The van der Waals surface area contributed by atoms with E-state index in [1.165, 1.54) is 30.0 Å². The molecule has 0 saturated carbocycles. The average molecular weight is 368 g/mol. The Labute approximate surface area is 133 Å². The summed E-state index contributed by atoms with van der Waals surface area (Å²) < 4.78 is 0.773. The molecule has 0 aromatic heterocycles. The van der Waals surface area contributed by atoms with Gasteiger partial charge in [-0.15, -0.1) is 0 Å². The minimum Gasteiger partial charge on any atom is -0.478 e. The molecule has 0 amide bonds. The van der Waals surface area contributed by atoms with Crippen molar-refractivity contribution in [3.63, 3.8) is 0 Å². The number of nitro groups is 1. The highest BCUT2D eigenvalue weighted by atomic mass is 79.9. The molecule has 0 aliphatic heterocycles. The second-order valence-corrected chi connectivity index (χ2v) is 6.25. The van der Waals surface area contributed by atoms with Crippen LogP contribution in [-0.2, 0) is 0 Å². The van der Waals surface area contributed by atoms with Gasteiger partial charge in [0.25, 0.3) is 5.69 Å². The van der Waals surface area contributed by atoms with Gasteiger partial charge in [-0.05, 0) is 36.8 Å². The molecule has 2 aromatic carbocycles. The molecule has 1 N–H and O–H groups in total. The van der Waals surface area contributed by atoms with Crippen molar-refractivity contribution in [2.45, 2.75) is 16.7 Å². The standard InChI is InChI=1S/C14H10BrNO4S/c1-8-6-10(16(19)20)3-5-12(8)21-13-7-9(15)2-4-11(13)14(17)18/h2-7H,1H3,(H,17,18). The summed E-state index contributed by atoms with van der Waals surface area (Å²) >= 11 is 4.58. The molecule has 0 aliphatic rings. The van der Waals surface area contributed by atoms with E-state index in [0.717, 1.165) is 14.9 Å². The lowest BCUT2D eigenvalue weighted by Crippen LogP contribution is -1.98. The van der Waals surface area contributed by atoms with E-state index < -0.39 is 10.9 Å². The summed E-state index contributed by atoms with van der Waals surface area (Å²) in [5.41, 5.74) is 0.941. The number of nitrogens with zero attached hydrogens (tertiary/aromatic N) is 1. The average Bonchev–Trinajstić information content (AvgIpc) is 2.40. The summed E-state index contributed by atoms with van der Waals surface area (Å²) in [7, 11) is 0. The van der Waals surface area contributed by atoms with Gasteiger partial charge in [-0.3, -0.25) is 10.1 Å². The topological polar surface area (TPSA) is 80.4 Å². The number of nitro benzene ring substituents is 1. The Bertz CT molecular complexity index is 733. The molecule has 7 heteroatoms. The Morgan fingerprint density at radius 3 is 2.52 bits per heavy atom. The largest absolute Gasteiger partial charge is 0.478 e. The highest BCUT2D eigenvalue weighted by Gasteiger charge is 2.14. The Balaban J connectivity index is 2.40. The first-order valence-corrected chi connectivity index (χ1v) is 7.45. The molecule has 0 radical (unpaired) electrons. The number of aryl methyl sites for hydroxylation is 1. The van der Waals surface area contributed by atoms with E-state index >= 15 is 0 Å². The summed E-state index contributed by atoms with van der Waals surface area (Å²) in [6, 6.07) is 9.42. The van der Waals surface area contributed by atoms with Crippen LogP contribution in [0.2, 0.25) is 0 Å². The maximum Gasteiger partial charge on any atom is 0.336 e. The summed E-state index contributed by atoms with van der Waals surface area (Å²) in [6.45, 7) is 1.76. The maximum absolute atomic E-state index is 11.2. The van der Waals surface area contributed by atoms with E-state index in [1.54, 1.807) is 25.1 Å². The quantitative estimate of drug-likeness (QED) is 0.634. The van der Waals surface area contributed by atoms with E-state index in [0.29, 0.717) is 4.90 Å². The molecule has 0 bridgehead atoms. The molecule has 2 aromatic rings. The van der Waals surface area contributed by atoms with E-state index in [9.17, 15) is 20.0 Å². The van der Waals surface area contributed by atoms with Crippen molar-refractivity contribution >= 4 is 39.3 Å². The summed E-state index contributed by atoms with van der Waals surface area (Å²) in [5, 5.41) is 19.9. The van der Waals surface area contributed by atoms with Gasteiger partial charge in [0.2, 0.25) is 0 Å². The van der Waals surface area contributed by atoms with Gasteiger partial charge >= 0.3 is 5.97 Å². The molecule has 0 unspecified atom stereocenters. The SMILES string of the molecule is Cc1cc([N+](=O)[O-])ccc1Sc1cc(Br)ccc1C(=O)O. The first-order valence-electron chi connectivity index (χ1n) is 5.84. The fourth-order valence-corrected chi connectivity index (χ4v) is 3.29. The van der Waals surface area contributed by atoms with Gasteiger partial charge in [-0.25, -0.2) is 4.79 Å². The van der Waals surface area contributed by atoms with E-state index in [-0.39, 0.29) is 11.3 Å². The van der Waals surface area contributed by atoms with Crippen molar-refractivity contribution in [3.8, 4) is 0 Å². The number of benzene rings is 2. The minimum atomic E-state index is -1.01. The van der Waals surface area contributed by atoms with Gasteiger partial charge in [0.05, 0.1) is 10.5 Å². The van der Waals surface area contributed by atoms with Crippen LogP contribution in [0.5, 0.6) is 0 Å². The number of hydrogen-bond acceptors (Lipinski definition) is 4. The fourth-order valence-electron chi connectivity index (χ4n) is 1.74. The number of carboxylic acid groups (broad SMARTS) is 1. The second-order valence-electron chi connectivity index (χ2n) is 4.25. The number of hydrogen-bond donors (Lipinski definition) is 1. The Hall–Kier alpha value is -1.86. The molecule has 21 heavy (non-hydrogen) atoms. The Kier molecular flexibility index (Phi) is 4.64. The van der Waals surface area contributed by atoms with Gasteiger partial charge in [-0.2, -0.15) is 0 Å². The molecule has 0 spiro atoms. The summed E-state index contributed by atoms with van der Waals surface area (Å²) in [4.78, 5) is 22.9. The number of carboxylic acids is 1. The van der Waals surface area contributed by atoms with Gasteiger partial charge in [0.1, 0.15) is 0 Å². The predicted octanol–water partition coefficient (Wildman–Crippen LogP) is 4.52. The van der Waals surface area contributed by atoms with E-state index in [2.05, 4.69) is 15.9 Å². The Morgan fingerprint density at radius 1 is 1.24 bits per heavy atom. The zero-order chi connectivity index (χ0) is 15.6. The zero-order valence-corrected chi connectivity index (χ0v) is 13.3. The van der Waals surface area contributed by atoms with Crippen LogP contribution in [0.15, 0.2) is 50.7 Å². The maximum atomic E-state index is 11.2. The van der Waals surface area contributed by atoms with Crippen LogP contribution in [0.4, 0.5) is 5.69 Å². The van der Waals surface area contributed by atoms with Crippen molar-refractivity contribution in [1.82, 2.24) is 0 Å². The van der Waals surface area contributed by atoms with Crippen molar-refractivity contribution < 1.29 is 14.8 Å². The van der Waals surface area contributed by atoms with Crippen molar-refractivity contribution in [2.75, 3.05) is 0 Å². The molecule has 0 fully saturated rings. The summed E-state index contributed by atoms with van der Waals surface area (Å²) in [5.74, 6) is -1.01. The first kappa shape index (κ1) is 15.5. The van der Waals surface area contributed by atoms with E-state index in [4.69, 9.17) is 0 Å². The minimum absolute atomic E-state index is 0.0181. The van der Waals surface area contributed by atoms with Crippen LogP contribution in [0.25, 0.3) is 0 Å². The molecule has 0 heterocycles. The van der Waals surface area contributed by atoms with Gasteiger partial charge in [-0.1, -0.05) is 27.7 Å². The third-order valence-corrected chi connectivity index (χ3v) is 4.49. The van der Waals surface area contributed by atoms with Crippen LogP contribution >= 0.6 is 27.7 Å². The number of rotatable bonds is 4. The van der Waals surface area contributed by atoms with Crippen LogP contribution in [0.3, 0.4) is 0 Å². The lowest BCUT2D eigenvalue weighted by Gasteiger charge is -2.08. The normalized spacial score (nSPS) is 10.4. The van der Waals surface area contributed by atoms with Gasteiger partial charge in [0, 0.05) is 26.4 Å². The molecular weight excluding hydrogens is 358 g/mol. The third-order valence-electron chi connectivity index (χ3n) is 2.76. The zero-order valence-electron chi connectivity index (χ0n) is 10.9. The van der Waals surface area contributed by atoms with Gasteiger partial charge < -0.3 is 5.11 Å². The second kappa shape index (κ2) is 6.28.